The van der Waals surface area contributed by atoms with E-state index >= 15 is 0 Å². The van der Waals surface area contributed by atoms with Crippen molar-refractivity contribution in [3.8, 4) is 11.5 Å². The molecule has 4 rings (SSSR count). The Morgan fingerprint density at radius 1 is 1.00 bits per heavy atom. The van der Waals surface area contributed by atoms with Gasteiger partial charge in [-0.25, -0.2) is 0 Å². The van der Waals surface area contributed by atoms with E-state index in [1.165, 1.54) is 12.0 Å². The number of hydrogen-bond acceptors (Lipinski definition) is 6. The van der Waals surface area contributed by atoms with Crippen molar-refractivity contribution < 1.29 is 34.1 Å². The molecule has 1 saturated heterocycles. The Morgan fingerprint density at radius 2 is 1.72 bits per heavy atom. The Balaban J connectivity index is 1.90. The van der Waals surface area contributed by atoms with Gasteiger partial charge < -0.3 is 19.7 Å². The number of carbonyl (C=O) groups excluding carboxylic acids is 2. The summed E-state index contributed by atoms with van der Waals surface area (Å²) in [6.45, 7) is 6.38. The van der Waals surface area contributed by atoms with Gasteiger partial charge in [-0.1, -0.05) is 38.1 Å². The van der Waals surface area contributed by atoms with Gasteiger partial charge in [0.05, 0.1) is 31.8 Å². The first kappa shape index (κ1) is 27.4. The molecule has 1 aliphatic heterocycles. The van der Waals surface area contributed by atoms with Crippen molar-refractivity contribution in [3.05, 3.63) is 94.6 Å². The van der Waals surface area contributed by atoms with Gasteiger partial charge in [-0.05, 0) is 72.0 Å². The number of amides is 1. The number of Topliss-reactive ketones (excluding diaryl/α,β-unsaturated/α-hetero) is 1. The van der Waals surface area contributed by atoms with Crippen LogP contribution < -0.4 is 14.4 Å². The summed E-state index contributed by atoms with van der Waals surface area (Å²) in [5.74, 6) is -1.60. The molecule has 0 bridgehead atoms. The molecule has 1 aliphatic rings. The lowest BCUT2D eigenvalue weighted by molar-refractivity contribution is -0.136. The normalized spacial score (nSPS) is 16.5. The van der Waals surface area contributed by atoms with Crippen molar-refractivity contribution in [3.63, 3.8) is 0 Å². The highest BCUT2D eigenvalue weighted by Gasteiger charge is 2.47. The minimum absolute atomic E-state index is 0.0540. The third-order valence-corrected chi connectivity index (χ3v) is 6.63. The van der Waals surface area contributed by atoms with E-state index in [0.29, 0.717) is 40.5 Å². The summed E-state index contributed by atoms with van der Waals surface area (Å²) in [6, 6.07) is 17.6. The maximum absolute atomic E-state index is 13.5. The largest absolute Gasteiger partial charge is 0.507 e. The molecule has 1 heterocycles. The summed E-state index contributed by atoms with van der Waals surface area (Å²) in [6.07, 6.45) is -0.172. The molecular formula is C31H31NO7. The van der Waals surface area contributed by atoms with Crippen LogP contribution in [0.2, 0.25) is 0 Å². The van der Waals surface area contributed by atoms with Crippen LogP contribution in [0.15, 0.2) is 72.3 Å². The minimum atomic E-state index is -0.976. The molecule has 202 valence electrons. The fourth-order valence-corrected chi connectivity index (χ4v) is 4.76. The van der Waals surface area contributed by atoms with Crippen molar-refractivity contribution in [2.75, 3.05) is 18.6 Å². The van der Waals surface area contributed by atoms with E-state index in [-0.39, 0.29) is 23.7 Å². The van der Waals surface area contributed by atoms with Crippen molar-refractivity contribution >= 4 is 29.1 Å². The first-order chi connectivity index (χ1) is 18.7. The zero-order valence-corrected chi connectivity index (χ0v) is 22.3. The lowest BCUT2D eigenvalue weighted by atomic mass is 9.93. The Labute approximate surface area is 227 Å². The van der Waals surface area contributed by atoms with Gasteiger partial charge >= 0.3 is 5.97 Å². The van der Waals surface area contributed by atoms with Crippen LogP contribution in [0, 0.1) is 0 Å². The number of aliphatic hydroxyl groups excluding tert-OH is 1. The van der Waals surface area contributed by atoms with Crippen LogP contribution in [0.25, 0.3) is 5.76 Å². The predicted molar refractivity (Wildman–Crippen MR) is 147 cm³/mol. The van der Waals surface area contributed by atoms with E-state index in [1.54, 1.807) is 66.7 Å². The zero-order valence-electron chi connectivity index (χ0n) is 22.3. The Hall–Kier alpha value is -4.59. The molecule has 0 saturated carbocycles. The van der Waals surface area contributed by atoms with E-state index in [2.05, 4.69) is 0 Å². The van der Waals surface area contributed by atoms with Crippen LogP contribution >= 0.6 is 0 Å². The number of hydrogen-bond donors (Lipinski definition) is 2. The number of carboxylic acid groups (broad SMARTS) is 1. The first-order valence-corrected chi connectivity index (χ1v) is 12.7. The van der Waals surface area contributed by atoms with Gasteiger partial charge in [-0.2, -0.15) is 0 Å². The Bertz CT molecular complexity index is 1440. The molecule has 8 nitrogen and oxygen atoms in total. The minimum Gasteiger partial charge on any atom is -0.507 e. The molecule has 0 aliphatic carbocycles. The summed E-state index contributed by atoms with van der Waals surface area (Å²) >= 11 is 0. The highest BCUT2D eigenvalue weighted by Crippen LogP contribution is 2.43. The monoisotopic (exact) mass is 529 g/mol. The molecule has 1 amide bonds. The number of ether oxygens (including phenoxy) is 2. The molecule has 8 heteroatoms. The number of aliphatic hydroxyl groups is 1. The summed E-state index contributed by atoms with van der Waals surface area (Å²) in [4.78, 5) is 39.4. The van der Waals surface area contributed by atoms with E-state index in [4.69, 9.17) is 14.6 Å². The van der Waals surface area contributed by atoms with E-state index in [9.17, 15) is 19.5 Å². The van der Waals surface area contributed by atoms with Crippen LogP contribution in [0.1, 0.15) is 55.0 Å². The summed E-state index contributed by atoms with van der Waals surface area (Å²) in [5.41, 5.74) is 2.72. The molecule has 3 aromatic carbocycles. The third-order valence-electron chi connectivity index (χ3n) is 6.63. The van der Waals surface area contributed by atoms with Crippen LogP contribution in [0.3, 0.4) is 0 Å². The quantitative estimate of drug-likeness (QED) is 0.215. The average Bonchev–Trinajstić information content (AvgIpc) is 3.18. The van der Waals surface area contributed by atoms with Gasteiger partial charge in [0.25, 0.3) is 11.7 Å². The molecule has 1 fully saturated rings. The number of benzene rings is 3. The van der Waals surface area contributed by atoms with E-state index in [0.717, 1.165) is 5.56 Å². The molecule has 0 spiro atoms. The molecular weight excluding hydrogens is 498 g/mol. The highest BCUT2D eigenvalue weighted by molar-refractivity contribution is 6.51. The molecule has 0 aromatic heterocycles. The Morgan fingerprint density at radius 3 is 2.33 bits per heavy atom. The molecule has 0 radical (unpaired) electrons. The number of carboxylic acids is 1. The first-order valence-electron chi connectivity index (χ1n) is 12.7. The maximum atomic E-state index is 13.5. The fraction of sp³-hybridized carbons (Fsp3) is 0.258. The van der Waals surface area contributed by atoms with Crippen molar-refractivity contribution in [2.24, 2.45) is 0 Å². The highest BCUT2D eigenvalue weighted by atomic mass is 16.5. The molecule has 1 unspecified atom stereocenters. The van der Waals surface area contributed by atoms with Gasteiger partial charge in [-0.3, -0.25) is 19.3 Å². The number of rotatable bonds is 9. The lowest BCUT2D eigenvalue weighted by Gasteiger charge is -2.26. The number of anilines is 1. The van der Waals surface area contributed by atoms with Crippen molar-refractivity contribution in [1.29, 1.82) is 0 Å². The van der Waals surface area contributed by atoms with Gasteiger partial charge in [0.1, 0.15) is 17.3 Å². The van der Waals surface area contributed by atoms with Gasteiger partial charge in [0.15, 0.2) is 0 Å². The summed E-state index contributed by atoms with van der Waals surface area (Å²) in [5, 5.41) is 20.7. The van der Waals surface area contributed by atoms with E-state index < -0.39 is 23.7 Å². The second-order valence-electron chi connectivity index (χ2n) is 9.52. The van der Waals surface area contributed by atoms with Gasteiger partial charge in [-0.15, -0.1) is 0 Å². The zero-order chi connectivity index (χ0) is 28.3. The fourth-order valence-electron chi connectivity index (χ4n) is 4.76. The second-order valence-corrected chi connectivity index (χ2v) is 9.52. The van der Waals surface area contributed by atoms with Crippen molar-refractivity contribution in [1.82, 2.24) is 0 Å². The third kappa shape index (κ3) is 5.50. The molecule has 3 aromatic rings. The van der Waals surface area contributed by atoms with Crippen LogP contribution in [-0.4, -0.2) is 41.6 Å². The van der Waals surface area contributed by atoms with E-state index in [1.807, 2.05) is 20.8 Å². The predicted octanol–water partition coefficient (Wildman–Crippen LogP) is 5.47. The standard InChI is InChI=1S/C31H31NO7/c1-5-39-25-14-11-21(17-24(25)18(2)3)29(35)27-28(20-7-6-8-23(16-20)38-4)32(31(37)30(27)36)22-12-9-19(10-13-22)15-26(33)34/h6-14,16-18,28,35H,5,15H2,1-4H3,(H,33,34)/b29-27-. The number of ketones is 1. The van der Waals surface area contributed by atoms with Crippen molar-refractivity contribution in [2.45, 2.75) is 39.2 Å². The second kappa shape index (κ2) is 11.4. The van der Waals surface area contributed by atoms with Gasteiger partial charge in [0.2, 0.25) is 0 Å². The number of aliphatic carboxylic acids is 1. The molecule has 2 N–H and O–H groups in total. The van der Waals surface area contributed by atoms with Gasteiger partial charge in [0, 0.05) is 11.3 Å². The summed E-state index contributed by atoms with van der Waals surface area (Å²) < 4.78 is 11.1. The molecule has 39 heavy (non-hydrogen) atoms. The summed E-state index contributed by atoms with van der Waals surface area (Å²) in [7, 11) is 1.52. The maximum Gasteiger partial charge on any atom is 0.307 e. The number of methoxy groups -OCH3 is 1. The topological polar surface area (TPSA) is 113 Å². The number of nitrogens with zero attached hydrogens (tertiary/aromatic N) is 1. The van der Waals surface area contributed by atoms with Crippen LogP contribution in [0.5, 0.6) is 11.5 Å². The lowest BCUT2D eigenvalue weighted by Crippen LogP contribution is -2.29. The van der Waals surface area contributed by atoms with Crippen LogP contribution in [-0.2, 0) is 20.8 Å². The number of carbonyl (C=O) groups is 3. The smallest absolute Gasteiger partial charge is 0.307 e. The average molecular weight is 530 g/mol. The van der Waals surface area contributed by atoms with Crippen LogP contribution in [0.4, 0.5) is 5.69 Å². The Kier molecular flexibility index (Phi) is 8.04. The SMILES string of the molecule is CCOc1ccc(/C(O)=C2/C(=O)C(=O)N(c3ccc(CC(=O)O)cc3)C2c2cccc(OC)c2)cc1C(C)C. The molecule has 1 atom stereocenters.